The second kappa shape index (κ2) is 10.3. The molecule has 1 saturated carbocycles. The summed E-state index contributed by atoms with van der Waals surface area (Å²) in [6.45, 7) is 0.819. The lowest BCUT2D eigenvalue weighted by molar-refractivity contribution is -0.127. The zero-order valence-electron chi connectivity index (χ0n) is 15.8. The molecule has 0 radical (unpaired) electrons. The molecule has 0 atom stereocenters. The van der Waals surface area contributed by atoms with Crippen LogP contribution < -0.4 is 15.4 Å². The van der Waals surface area contributed by atoms with Crippen LogP contribution in [0.4, 0.5) is 0 Å². The predicted molar refractivity (Wildman–Crippen MR) is 106 cm³/mol. The highest BCUT2D eigenvalue weighted by Gasteiger charge is 2.16. The zero-order chi connectivity index (χ0) is 18.9. The first-order valence-corrected chi connectivity index (χ1v) is 9.45. The van der Waals surface area contributed by atoms with E-state index in [1.165, 1.54) is 12.8 Å². The number of benzene rings is 1. The molecule has 144 valence electrons. The average Bonchev–Trinajstić information content (AvgIpc) is 3.13. The van der Waals surface area contributed by atoms with Crippen LogP contribution in [-0.2, 0) is 11.2 Å². The van der Waals surface area contributed by atoms with Gasteiger partial charge in [0.2, 0.25) is 5.91 Å². The van der Waals surface area contributed by atoms with Crippen LogP contribution in [0.3, 0.4) is 0 Å². The SMILES string of the molecule is COc1ccc(CCNC(=NCC(=O)N(C)C)NC2CCCC2)c(Cl)c1. The standard InChI is InChI=1S/C19H29ClN4O2/c1-24(2)18(25)13-22-19(23-15-6-4-5-7-15)21-11-10-14-8-9-16(26-3)12-17(14)20/h8-9,12,15H,4-7,10-11,13H2,1-3H3,(H2,21,22,23). The van der Waals surface area contributed by atoms with Crippen LogP contribution in [-0.4, -0.2) is 57.1 Å². The number of nitrogens with zero attached hydrogens (tertiary/aromatic N) is 2. The summed E-state index contributed by atoms with van der Waals surface area (Å²) in [5.74, 6) is 1.42. The van der Waals surface area contributed by atoms with Gasteiger partial charge in [-0.3, -0.25) is 4.79 Å². The molecule has 1 aliphatic carbocycles. The van der Waals surface area contributed by atoms with Crippen molar-refractivity contribution in [2.24, 2.45) is 4.99 Å². The van der Waals surface area contributed by atoms with E-state index in [9.17, 15) is 4.79 Å². The summed E-state index contributed by atoms with van der Waals surface area (Å²) in [6.07, 6.45) is 5.53. The number of rotatable bonds is 7. The number of hydrogen-bond acceptors (Lipinski definition) is 3. The van der Waals surface area contributed by atoms with Gasteiger partial charge in [-0.15, -0.1) is 0 Å². The molecule has 7 heteroatoms. The fourth-order valence-corrected chi connectivity index (χ4v) is 3.14. The normalized spacial score (nSPS) is 15.0. The topological polar surface area (TPSA) is 66.0 Å². The summed E-state index contributed by atoms with van der Waals surface area (Å²) in [4.78, 5) is 17.8. The van der Waals surface area contributed by atoms with Crippen LogP contribution in [0.2, 0.25) is 5.02 Å². The summed E-state index contributed by atoms with van der Waals surface area (Å²) in [5, 5.41) is 7.46. The van der Waals surface area contributed by atoms with E-state index in [-0.39, 0.29) is 12.5 Å². The molecule has 0 aromatic heterocycles. The maximum atomic E-state index is 11.8. The van der Waals surface area contributed by atoms with E-state index in [1.807, 2.05) is 18.2 Å². The number of carbonyl (C=O) groups is 1. The first-order valence-electron chi connectivity index (χ1n) is 9.07. The predicted octanol–water partition coefficient (Wildman–Crippen LogP) is 2.46. The molecule has 0 spiro atoms. The molecular weight excluding hydrogens is 352 g/mol. The summed E-state index contributed by atoms with van der Waals surface area (Å²) < 4.78 is 5.18. The first kappa shape index (κ1) is 20.4. The van der Waals surface area contributed by atoms with Gasteiger partial charge < -0.3 is 20.3 Å². The van der Waals surface area contributed by atoms with Gasteiger partial charge in [0.15, 0.2) is 5.96 Å². The van der Waals surface area contributed by atoms with E-state index in [2.05, 4.69) is 15.6 Å². The fourth-order valence-electron chi connectivity index (χ4n) is 2.88. The molecule has 1 aliphatic rings. The molecule has 6 nitrogen and oxygen atoms in total. The molecule has 0 unspecified atom stereocenters. The van der Waals surface area contributed by atoms with E-state index in [1.54, 1.807) is 26.1 Å². The number of aliphatic imine (C=N–C) groups is 1. The quantitative estimate of drug-likeness (QED) is 0.563. The molecule has 0 bridgehead atoms. The van der Waals surface area contributed by atoms with E-state index < -0.39 is 0 Å². The van der Waals surface area contributed by atoms with Crippen molar-refractivity contribution in [2.45, 2.75) is 38.1 Å². The van der Waals surface area contributed by atoms with Gasteiger partial charge in [0.05, 0.1) is 7.11 Å². The summed E-state index contributed by atoms with van der Waals surface area (Å²) in [6, 6.07) is 6.13. The Morgan fingerprint density at radius 1 is 1.35 bits per heavy atom. The smallest absolute Gasteiger partial charge is 0.243 e. The molecule has 26 heavy (non-hydrogen) atoms. The zero-order valence-corrected chi connectivity index (χ0v) is 16.6. The van der Waals surface area contributed by atoms with Crippen molar-refractivity contribution in [3.05, 3.63) is 28.8 Å². The minimum absolute atomic E-state index is 0.0179. The average molecular weight is 381 g/mol. The van der Waals surface area contributed by atoms with E-state index in [0.29, 0.717) is 23.6 Å². The van der Waals surface area contributed by atoms with Gasteiger partial charge in [-0.05, 0) is 37.0 Å². The third-order valence-corrected chi connectivity index (χ3v) is 4.87. The Hall–Kier alpha value is -1.95. The van der Waals surface area contributed by atoms with Crippen LogP contribution in [0.5, 0.6) is 5.75 Å². The van der Waals surface area contributed by atoms with Gasteiger partial charge in [0.1, 0.15) is 12.3 Å². The summed E-state index contributed by atoms with van der Waals surface area (Å²) >= 11 is 6.29. The van der Waals surface area contributed by atoms with Gasteiger partial charge in [-0.25, -0.2) is 4.99 Å². The third-order valence-electron chi connectivity index (χ3n) is 4.51. The summed E-state index contributed by atoms with van der Waals surface area (Å²) in [7, 11) is 5.10. The largest absolute Gasteiger partial charge is 0.497 e. The van der Waals surface area contributed by atoms with Crippen molar-refractivity contribution in [3.63, 3.8) is 0 Å². The molecule has 2 N–H and O–H groups in total. The Balaban J connectivity index is 1.92. The number of nitrogens with one attached hydrogen (secondary N) is 2. The molecule has 1 aromatic carbocycles. The lowest BCUT2D eigenvalue weighted by Gasteiger charge is -2.18. The van der Waals surface area contributed by atoms with E-state index in [0.717, 1.165) is 30.6 Å². The molecule has 1 aromatic rings. The maximum Gasteiger partial charge on any atom is 0.243 e. The molecule has 2 rings (SSSR count). The lowest BCUT2D eigenvalue weighted by Crippen LogP contribution is -2.43. The van der Waals surface area contributed by atoms with Crippen LogP contribution in [0.15, 0.2) is 23.2 Å². The highest BCUT2D eigenvalue weighted by molar-refractivity contribution is 6.31. The molecular formula is C19H29ClN4O2. The molecule has 0 aliphatic heterocycles. The van der Waals surface area contributed by atoms with Gasteiger partial charge in [-0.2, -0.15) is 0 Å². The molecule has 0 saturated heterocycles. The van der Waals surface area contributed by atoms with Crippen molar-refractivity contribution < 1.29 is 9.53 Å². The van der Waals surface area contributed by atoms with E-state index >= 15 is 0 Å². The van der Waals surface area contributed by atoms with Crippen molar-refractivity contribution in [1.82, 2.24) is 15.5 Å². The number of methoxy groups -OCH3 is 1. The first-order chi connectivity index (χ1) is 12.5. The molecule has 1 amide bonds. The van der Waals surface area contributed by atoms with Gasteiger partial charge in [0.25, 0.3) is 0 Å². The van der Waals surface area contributed by atoms with Crippen LogP contribution >= 0.6 is 11.6 Å². The molecule has 0 heterocycles. The molecule has 1 fully saturated rings. The van der Waals surface area contributed by atoms with Gasteiger partial charge >= 0.3 is 0 Å². The Morgan fingerprint density at radius 2 is 2.08 bits per heavy atom. The van der Waals surface area contributed by atoms with Crippen molar-refractivity contribution in [1.29, 1.82) is 0 Å². The van der Waals surface area contributed by atoms with Gasteiger partial charge in [-0.1, -0.05) is 30.5 Å². The number of carbonyl (C=O) groups excluding carboxylic acids is 1. The number of guanidine groups is 1. The van der Waals surface area contributed by atoms with Gasteiger partial charge in [0, 0.05) is 31.7 Å². The monoisotopic (exact) mass is 380 g/mol. The van der Waals surface area contributed by atoms with Crippen molar-refractivity contribution in [2.75, 3.05) is 34.3 Å². The Kier molecular flexibility index (Phi) is 8.04. The number of hydrogen-bond donors (Lipinski definition) is 2. The van der Waals surface area contributed by atoms with E-state index in [4.69, 9.17) is 16.3 Å². The Labute approximate surface area is 161 Å². The van der Waals surface area contributed by atoms with Crippen LogP contribution in [0.25, 0.3) is 0 Å². The minimum atomic E-state index is -0.0179. The number of likely N-dealkylation sites (N-methyl/N-ethyl adjacent to an activating group) is 1. The minimum Gasteiger partial charge on any atom is -0.497 e. The Bertz CT molecular complexity index is 628. The maximum absolute atomic E-state index is 11.8. The lowest BCUT2D eigenvalue weighted by atomic mass is 10.1. The van der Waals surface area contributed by atoms with Crippen molar-refractivity contribution >= 4 is 23.5 Å². The number of halogens is 1. The highest BCUT2D eigenvalue weighted by Crippen LogP contribution is 2.22. The van der Waals surface area contributed by atoms with Crippen molar-refractivity contribution in [3.8, 4) is 5.75 Å². The second-order valence-electron chi connectivity index (χ2n) is 6.71. The fraction of sp³-hybridized carbons (Fsp3) is 0.579. The highest BCUT2D eigenvalue weighted by atomic mass is 35.5. The van der Waals surface area contributed by atoms with Crippen LogP contribution in [0.1, 0.15) is 31.2 Å². The second-order valence-corrected chi connectivity index (χ2v) is 7.12. The summed E-state index contributed by atoms with van der Waals surface area (Å²) in [5.41, 5.74) is 1.05. The number of amides is 1. The third kappa shape index (κ3) is 6.41. The number of ether oxygens (including phenoxy) is 1. The van der Waals surface area contributed by atoms with Crippen LogP contribution in [0, 0.1) is 0 Å². The Morgan fingerprint density at radius 3 is 2.69 bits per heavy atom.